The molecule has 0 spiro atoms. The molecule has 2 aromatic rings. The number of rotatable bonds is 10. The average molecular weight is 465 g/mol. The first-order valence-corrected chi connectivity index (χ1v) is 11.2. The first kappa shape index (κ1) is 22.9. The van der Waals surface area contributed by atoms with Crippen LogP contribution in [0.2, 0.25) is 5.15 Å². The summed E-state index contributed by atoms with van der Waals surface area (Å²) in [5.41, 5.74) is 1.85. The number of carbonyl (C=O) groups excluding carboxylic acids is 1. The van der Waals surface area contributed by atoms with Crippen LogP contribution >= 0.6 is 11.6 Å². The smallest absolute Gasteiger partial charge is 0.266 e. The molecule has 1 aliphatic carbocycles. The number of allylic oxidation sites excluding steroid dienone is 4. The Hall–Kier alpha value is -2.79. The van der Waals surface area contributed by atoms with Gasteiger partial charge in [-0.3, -0.25) is 9.52 Å². The van der Waals surface area contributed by atoms with Crippen molar-refractivity contribution in [2.24, 2.45) is 0 Å². The van der Waals surface area contributed by atoms with E-state index < -0.39 is 15.8 Å². The van der Waals surface area contributed by atoms with Gasteiger partial charge in [-0.25, -0.2) is 13.4 Å². The number of hydrogen-bond donors (Lipinski definition) is 3. The highest BCUT2D eigenvalue weighted by atomic mass is 35.5. The number of nitrogens with zero attached hydrogens (tertiary/aromatic N) is 2. The highest BCUT2D eigenvalue weighted by Gasteiger charge is 2.27. The normalized spacial score (nSPS) is 13.7. The number of aliphatic hydroxyl groups is 1. The third-order valence-electron chi connectivity index (χ3n) is 4.21. The van der Waals surface area contributed by atoms with Gasteiger partial charge in [0.15, 0.2) is 10.9 Å². The number of ketones is 1. The number of hydrogen-bond acceptors (Lipinski definition) is 8. The quantitative estimate of drug-likeness (QED) is 0.455. The molecule has 1 aliphatic rings. The van der Waals surface area contributed by atoms with Crippen LogP contribution in [0.3, 0.4) is 0 Å². The number of nitrogens with one attached hydrogen (secondary N) is 2. The van der Waals surface area contributed by atoms with E-state index in [2.05, 4.69) is 20.0 Å². The van der Waals surface area contributed by atoms with Crippen molar-refractivity contribution in [3.63, 3.8) is 0 Å². The van der Waals surface area contributed by atoms with Crippen LogP contribution in [0.25, 0.3) is 0 Å². The van der Waals surface area contributed by atoms with Gasteiger partial charge in [-0.2, -0.15) is 4.98 Å². The van der Waals surface area contributed by atoms with Crippen LogP contribution in [0.5, 0.6) is 5.88 Å². The lowest BCUT2D eigenvalue weighted by atomic mass is 10.1. The molecule has 0 saturated carbocycles. The number of sulfonamides is 1. The van der Waals surface area contributed by atoms with E-state index in [0.717, 1.165) is 11.1 Å². The molecule has 31 heavy (non-hydrogen) atoms. The molecule has 0 amide bonds. The van der Waals surface area contributed by atoms with Crippen LogP contribution < -0.4 is 14.8 Å². The molecule has 0 bridgehead atoms. The topological polar surface area (TPSA) is 131 Å². The van der Waals surface area contributed by atoms with Crippen molar-refractivity contribution in [3.05, 3.63) is 69.9 Å². The Bertz CT molecular complexity index is 1100. The molecule has 3 rings (SSSR count). The Labute approximate surface area is 184 Å². The third-order valence-corrected chi connectivity index (χ3v) is 5.80. The number of aliphatic hydroxyl groups excluding tert-OH is 1. The van der Waals surface area contributed by atoms with Gasteiger partial charge in [-0.1, -0.05) is 48.0 Å². The Balaban J connectivity index is 1.71. The molecular weight excluding hydrogens is 444 g/mol. The average Bonchev–Trinajstić information content (AvgIpc) is 2.75. The molecule has 0 radical (unpaired) electrons. The van der Waals surface area contributed by atoms with E-state index in [1.807, 2.05) is 24.3 Å². The summed E-state index contributed by atoms with van der Waals surface area (Å²) in [5.74, 6) is -0.797. The SMILES string of the molecule is O=C1CC=CC=C1S(=O)(=O)Nc1ncc(Cl)nc1OCc1ccc(CNCCO)cc1. The first-order chi connectivity index (χ1) is 14.9. The predicted molar refractivity (Wildman–Crippen MR) is 116 cm³/mol. The minimum atomic E-state index is -4.16. The van der Waals surface area contributed by atoms with Gasteiger partial charge in [-0.05, 0) is 17.2 Å². The summed E-state index contributed by atoms with van der Waals surface area (Å²) in [6.45, 7) is 1.30. The van der Waals surface area contributed by atoms with Crippen molar-refractivity contribution < 1.29 is 23.1 Å². The van der Waals surface area contributed by atoms with E-state index in [-0.39, 0.29) is 41.4 Å². The number of benzene rings is 1. The Kier molecular flexibility index (Phi) is 7.75. The minimum Gasteiger partial charge on any atom is -0.470 e. The summed E-state index contributed by atoms with van der Waals surface area (Å²) in [7, 11) is -4.16. The molecule has 0 unspecified atom stereocenters. The van der Waals surface area contributed by atoms with Gasteiger partial charge < -0.3 is 15.2 Å². The van der Waals surface area contributed by atoms with Gasteiger partial charge in [0.1, 0.15) is 11.5 Å². The van der Waals surface area contributed by atoms with Crippen molar-refractivity contribution in [1.82, 2.24) is 15.3 Å². The summed E-state index contributed by atoms with van der Waals surface area (Å²) in [6.07, 6.45) is 5.50. The van der Waals surface area contributed by atoms with Gasteiger partial charge in [0, 0.05) is 19.5 Å². The molecule has 0 fully saturated rings. The molecule has 164 valence electrons. The Morgan fingerprint density at radius 2 is 1.94 bits per heavy atom. The fourth-order valence-corrected chi connectivity index (χ4v) is 3.96. The molecule has 1 heterocycles. The molecule has 1 aromatic heterocycles. The first-order valence-electron chi connectivity index (χ1n) is 9.36. The van der Waals surface area contributed by atoms with Crippen molar-refractivity contribution in [1.29, 1.82) is 0 Å². The molecule has 11 heteroatoms. The number of aromatic nitrogens is 2. The van der Waals surface area contributed by atoms with E-state index in [1.165, 1.54) is 18.3 Å². The number of halogens is 1. The summed E-state index contributed by atoms with van der Waals surface area (Å²) in [4.78, 5) is 19.6. The molecule has 1 aromatic carbocycles. The summed E-state index contributed by atoms with van der Waals surface area (Å²) in [5, 5.41) is 11.9. The van der Waals surface area contributed by atoms with Gasteiger partial charge in [0.05, 0.1) is 12.8 Å². The van der Waals surface area contributed by atoms with Crippen LogP contribution in [0, 0.1) is 0 Å². The van der Waals surface area contributed by atoms with Crippen LogP contribution in [-0.4, -0.2) is 42.4 Å². The fourth-order valence-electron chi connectivity index (χ4n) is 2.69. The predicted octanol–water partition coefficient (Wildman–Crippen LogP) is 1.95. The van der Waals surface area contributed by atoms with Crippen molar-refractivity contribution in [2.75, 3.05) is 17.9 Å². The zero-order chi connectivity index (χ0) is 22.3. The maximum atomic E-state index is 12.6. The van der Waals surface area contributed by atoms with E-state index in [4.69, 9.17) is 21.4 Å². The molecular formula is C20H21ClN4O5S. The van der Waals surface area contributed by atoms with E-state index >= 15 is 0 Å². The van der Waals surface area contributed by atoms with E-state index in [1.54, 1.807) is 6.08 Å². The maximum Gasteiger partial charge on any atom is 0.266 e. The van der Waals surface area contributed by atoms with Gasteiger partial charge in [0.25, 0.3) is 15.9 Å². The lowest BCUT2D eigenvalue weighted by Gasteiger charge is -2.14. The Morgan fingerprint density at radius 1 is 1.19 bits per heavy atom. The number of carbonyl (C=O) groups is 1. The second-order valence-electron chi connectivity index (χ2n) is 6.54. The van der Waals surface area contributed by atoms with Crippen molar-refractivity contribution >= 4 is 33.2 Å². The highest BCUT2D eigenvalue weighted by Crippen LogP contribution is 2.26. The highest BCUT2D eigenvalue weighted by molar-refractivity contribution is 7.97. The summed E-state index contributed by atoms with van der Waals surface area (Å²) in [6, 6.07) is 7.53. The zero-order valence-corrected chi connectivity index (χ0v) is 18.0. The lowest BCUT2D eigenvalue weighted by Crippen LogP contribution is -2.22. The van der Waals surface area contributed by atoms with Crippen LogP contribution in [0.4, 0.5) is 5.82 Å². The molecule has 0 saturated heterocycles. The van der Waals surface area contributed by atoms with Crippen LogP contribution in [0.15, 0.2) is 53.6 Å². The van der Waals surface area contributed by atoms with Crippen LogP contribution in [0.1, 0.15) is 17.5 Å². The van der Waals surface area contributed by atoms with Crippen molar-refractivity contribution in [3.8, 4) is 5.88 Å². The standard InChI is InChI=1S/C20H21ClN4O5S/c21-18-12-23-19(25-31(28,29)17-4-2-1-3-16(17)27)20(24-18)30-13-15-7-5-14(6-8-15)11-22-9-10-26/h1-2,4-8,12,22,26H,3,9-11,13H2,(H,23,25). The van der Waals surface area contributed by atoms with Crippen molar-refractivity contribution in [2.45, 2.75) is 19.6 Å². The molecule has 0 aliphatic heterocycles. The summed E-state index contributed by atoms with van der Waals surface area (Å²) >= 11 is 5.89. The third kappa shape index (κ3) is 6.34. The number of Topliss-reactive ketones (excluding diaryl/α,β-unsaturated/α-hetero) is 1. The van der Waals surface area contributed by atoms with Gasteiger partial charge in [0.2, 0.25) is 5.82 Å². The largest absolute Gasteiger partial charge is 0.470 e. The maximum absolute atomic E-state index is 12.6. The zero-order valence-electron chi connectivity index (χ0n) is 16.4. The number of ether oxygens (including phenoxy) is 1. The Morgan fingerprint density at radius 3 is 2.65 bits per heavy atom. The van der Waals surface area contributed by atoms with Gasteiger partial charge in [-0.15, -0.1) is 0 Å². The second-order valence-corrected chi connectivity index (χ2v) is 8.58. The monoisotopic (exact) mass is 464 g/mol. The minimum absolute atomic E-state index is 0.00785. The number of anilines is 1. The van der Waals surface area contributed by atoms with E-state index in [9.17, 15) is 13.2 Å². The van der Waals surface area contributed by atoms with E-state index in [0.29, 0.717) is 13.1 Å². The molecule has 9 nitrogen and oxygen atoms in total. The fraction of sp³-hybridized carbons (Fsp3) is 0.250. The lowest BCUT2D eigenvalue weighted by molar-refractivity contribution is -0.114. The molecule has 3 N–H and O–H groups in total. The van der Waals surface area contributed by atoms with Gasteiger partial charge >= 0.3 is 0 Å². The molecule has 0 atom stereocenters. The summed E-state index contributed by atoms with van der Waals surface area (Å²) < 4.78 is 33.1. The second kappa shape index (κ2) is 10.5. The van der Waals surface area contributed by atoms with Crippen LogP contribution in [-0.2, 0) is 28.0 Å².